The van der Waals surface area contributed by atoms with Crippen molar-refractivity contribution in [3.63, 3.8) is 0 Å². The van der Waals surface area contributed by atoms with Gasteiger partial charge in [-0.25, -0.2) is 9.37 Å². The number of rotatable bonds is 4. The van der Waals surface area contributed by atoms with Gasteiger partial charge in [-0.3, -0.25) is 4.68 Å². The van der Waals surface area contributed by atoms with E-state index in [-0.39, 0.29) is 10.9 Å². The van der Waals surface area contributed by atoms with E-state index in [2.05, 4.69) is 10.1 Å². The topological polar surface area (TPSA) is 39.9 Å². The van der Waals surface area contributed by atoms with Gasteiger partial charge >= 0.3 is 0 Å². The molecule has 0 aliphatic heterocycles. The van der Waals surface area contributed by atoms with Gasteiger partial charge in [-0.1, -0.05) is 11.6 Å². The molecule has 2 aromatic heterocycles. The first kappa shape index (κ1) is 13.8. The molecule has 0 amide bonds. The summed E-state index contributed by atoms with van der Waals surface area (Å²) in [5.74, 6) is -0.200. The Morgan fingerprint density at radius 3 is 2.79 bits per heavy atom. The van der Waals surface area contributed by atoms with E-state index in [1.807, 2.05) is 25.6 Å². The molecule has 0 spiro atoms. The van der Waals surface area contributed by atoms with Crippen LogP contribution in [0.25, 0.3) is 0 Å². The van der Waals surface area contributed by atoms with Crippen molar-refractivity contribution in [1.82, 2.24) is 14.8 Å². The van der Waals surface area contributed by atoms with Crippen LogP contribution in [0.15, 0.2) is 12.3 Å². The summed E-state index contributed by atoms with van der Waals surface area (Å²) in [6.45, 7) is 4.36. The molecule has 0 saturated carbocycles. The van der Waals surface area contributed by atoms with E-state index < -0.39 is 5.82 Å². The maximum absolute atomic E-state index is 13.0. The van der Waals surface area contributed by atoms with E-state index >= 15 is 0 Å². The van der Waals surface area contributed by atoms with Gasteiger partial charge in [0, 0.05) is 25.2 Å². The largest absolute Gasteiger partial charge is 0.490 e. The normalized spacial score (nSPS) is 10.8. The zero-order chi connectivity index (χ0) is 14.0. The number of aromatic nitrogens is 3. The van der Waals surface area contributed by atoms with Crippen LogP contribution in [0.1, 0.15) is 17.0 Å². The van der Waals surface area contributed by atoms with Gasteiger partial charge in [0.25, 0.3) is 0 Å². The second kappa shape index (κ2) is 5.57. The summed E-state index contributed by atoms with van der Waals surface area (Å²) in [4.78, 5) is 3.69. The Hall–Kier alpha value is -1.62. The Kier molecular flexibility index (Phi) is 4.04. The number of ether oxygens (including phenoxy) is 1. The molecule has 2 aromatic rings. The Morgan fingerprint density at radius 1 is 1.42 bits per heavy atom. The summed E-state index contributed by atoms with van der Waals surface area (Å²) in [5.41, 5.74) is 3.22. The minimum atomic E-state index is -0.465. The summed E-state index contributed by atoms with van der Waals surface area (Å²) >= 11 is 5.83. The fourth-order valence-electron chi connectivity index (χ4n) is 1.95. The molecule has 0 saturated heterocycles. The highest BCUT2D eigenvalue weighted by atomic mass is 35.5. The molecule has 4 nitrogen and oxygen atoms in total. The Morgan fingerprint density at radius 2 is 2.16 bits per heavy atom. The molecule has 0 aliphatic rings. The average molecular weight is 284 g/mol. The molecule has 0 N–H and O–H groups in total. The minimum Gasteiger partial charge on any atom is -0.490 e. The molecule has 0 bridgehead atoms. The monoisotopic (exact) mass is 283 g/mol. The van der Waals surface area contributed by atoms with Crippen LogP contribution in [0.5, 0.6) is 5.75 Å². The maximum Gasteiger partial charge on any atom is 0.171 e. The lowest BCUT2D eigenvalue weighted by molar-refractivity contribution is 0.318. The highest BCUT2D eigenvalue weighted by Gasteiger charge is 2.10. The van der Waals surface area contributed by atoms with Crippen molar-refractivity contribution in [2.24, 2.45) is 7.05 Å². The maximum atomic E-state index is 13.0. The van der Waals surface area contributed by atoms with E-state index in [0.717, 1.165) is 23.1 Å². The van der Waals surface area contributed by atoms with E-state index in [1.165, 1.54) is 6.07 Å². The summed E-state index contributed by atoms with van der Waals surface area (Å²) in [6.07, 6.45) is 1.75. The van der Waals surface area contributed by atoms with Crippen molar-refractivity contribution in [2.75, 3.05) is 6.61 Å². The van der Waals surface area contributed by atoms with E-state index in [4.69, 9.17) is 16.3 Å². The average Bonchev–Trinajstić information content (AvgIpc) is 2.60. The second-order valence-electron chi connectivity index (χ2n) is 4.31. The predicted octanol–water partition coefficient (Wildman–Crippen LogP) is 2.85. The third kappa shape index (κ3) is 3.04. The van der Waals surface area contributed by atoms with Crippen LogP contribution < -0.4 is 4.74 Å². The van der Waals surface area contributed by atoms with Gasteiger partial charge in [-0.2, -0.15) is 5.10 Å². The molecule has 6 heteroatoms. The quantitative estimate of drug-likeness (QED) is 0.810. The van der Waals surface area contributed by atoms with Crippen molar-refractivity contribution in [2.45, 2.75) is 20.3 Å². The van der Waals surface area contributed by atoms with Gasteiger partial charge in [0.1, 0.15) is 5.82 Å². The molecule has 0 aromatic carbocycles. The number of pyridine rings is 1. The number of nitrogens with zero attached hydrogens (tertiary/aromatic N) is 3. The number of halogens is 2. The first-order chi connectivity index (χ1) is 8.99. The van der Waals surface area contributed by atoms with Crippen LogP contribution in [0.3, 0.4) is 0 Å². The lowest BCUT2D eigenvalue weighted by atomic mass is 10.1. The first-order valence-corrected chi connectivity index (χ1v) is 6.29. The highest BCUT2D eigenvalue weighted by Crippen LogP contribution is 2.22. The predicted molar refractivity (Wildman–Crippen MR) is 71.1 cm³/mol. The van der Waals surface area contributed by atoms with Gasteiger partial charge < -0.3 is 4.74 Å². The molecule has 0 radical (unpaired) electrons. The Labute approximate surface area is 116 Å². The number of aryl methyl sites for hydroxylation is 2. The van der Waals surface area contributed by atoms with Crippen molar-refractivity contribution >= 4 is 11.6 Å². The van der Waals surface area contributed by atoms with Crippen LogP contribution in [0, 0.1) is 19.7 Å². The van der Waals surface area contributed by atoms with Gasteiger partial charge in [0.15, 0.2) is 10.9 Å². The lowest BCUT2D eigenvalue weighted by Crippen LogP contribution is -2.04. The molecule has 19 heavy (non-hydrogen) atoms. The summed E-state index contributed by atoms with van der Waals surface area (Å²) in [5, 5.41) is 4.50. The SMILES string of the molecule is Cc1nn(C)c(C)c1CCOc1cc(F)cnc1Cl. The van der Waals surface area contributed by atoms with Crippen molar-refractivity contribution < 1.29 is 9.13 Å². The van der Waals surface area contributed by atoms with Gasteiger partial charge in [0.05, 0.1) is 18.5 Å². The van der Waals surface area contributed by atoms with Crippen molar-refractivity contribution in [3.05, 3.63) is 40.2 Å². The van der Waals surface area contributed by atoms with Crippen molar-refractivity contribution in [3.8, 4) is 5.75 Å². The molecular weight excluding hydrogens is 269 g/mol. The molecule has 0 atom stereocenters. The van der Waals surface area contributed by atoms with E-state index in [0.29, 0.717) is 13.0 Å². The van der Waals surface area contributed by atoms with Crippen LogP contribution >= 0.6 is 11.6 Å². The lowest BCUT2D eigenvalue weighted by Gasteiger charge is -2.07. The molecule has 2 heterocycles. The highest BCUT2D eigenvalue weighted by molar-refractivity contribution is 6.30. The third-order valence-corrected chi connectivity index (χ3v) is 3.33. The van der Waals surface area contributed by atoms with Gasteiger partial charge in [-0.15, -0.1) is 0 Å². The van der Waals surface area contributed by atoms with Gasteiger partial charge in [0.2, 0.25) is 0 Å². The fraction of sp³-hybridized carbons (Fsp3) is 0.385. The molecule has 2 rings (SSSR count). The molecule has 0 fully saturated rings. The third-order valence-electron chi connectivity index (χ3n) is 3.04. The summed E-state index contributed by atoms with van der Waals surface area (Å²) < 4.78 is 20.3. The Bertz CT molecular complexity index is 598. The van der Waals surface area contributed by atoms with E-state index in [1.54, 1.807) is 0 Å². The molecule has 0 aliphatic carbocycles. The smallest absolute Gasteiger partial charge is 0.171 e. The summed E-state index contributed by atoms with van der Waals surface area (Å²) in [6, 6.07) is 1.23. The zero-order valence-corrected chi connectivity index (χ0v) is 11.8. The van der Waals surface area contributed by atoms with E-state index in [9.17, 15) is 4.39 Å². The number of hydrogen-bond acceptors (Lipinski definition) is 3. The Balaban J connectivity index is 2.02. The summed E-state index contributed by atoms with van der Waals surface area (Å²) in [7, 11) is 1.90. The van der Waals surface area contributed by atoms with Crippen LogP contribution in [-0.2, 0) is 13.5 Å². The van der Waals surface area contributed by atoms with Crippen LogP contribution in [0.2, 0.25) is 5.15 Å². The number of hydrogen-bond donors (Lipinski definition) is 0. The molecule has 0 unspecified atom stereocenters. The van der Waals surface area contributed by atoms with Crippen LogP contribution in [0.4, 0.5) is 4.39 Å². The minimum absolute atomic E-state index is 0.168. The molecular formula is C13H15ClFN3O. The first-order valence-electron chi connectivity index (χ1n) is 5.92. The van der Waals surface area contributed by atoms with Crippen LogP contribution in [-0.4, -0.2) is 21.4 Å². The standard InChI is InChI=1S/C13H15ClFN3O/c1-8-11(9(2)18(3)17-8)4-5-19-12-6-10(15)7-16-13(12)14/h6-7H,4-5H2,1-3H3. The fourth-order valence-corrected chi connectivity index (χ4v) is 2.11. The van der Waals surface area contributed by atoms with Crippen molar-refractivity contribution in [1.29, 1.82) is 0 Å². The zero-order valence-electron chi connectivity index (χ0n) is 11.1. The van der Waals surface area contributed by atoms with Gasteiger partial charge in [-0.05, 0) is 19.4 Å². The second-order valence-corrected chi connectivity index (χ2v) is 4.67. The molecule has 102 valence electrons.